The van der Waals surface area contributed by atoms with Gasteiger partial charge in [0.2, 0.25) is 0 Å². The van der Waals surface area contributed by atoms with Gasteiger partial charge in [-0.25, -0.2) is 9.78 Å². The number of halogens is 2. The summed E-state index contributed by atoms with van der Waals surface area (Å²) in [6, 6.07) is 17.0. The van der Waals surface area contributed by atoms with E-state index in [1.165, 1.54) is 40.9 Å². The van der Waals surface area contributed by atoms with Crippen molar-refractivity contribution >= 4 is 23.4 Å². The number of aromatic nitrogens is 2. The first-order chi connectivity index (χ1) is 17.3. The van der Waals surface area contributed by atoms with Gasteiger partial charge in [-0.3, -0.25) is 14.0 Å². The van der Waals surface area contributed by atoms with Gasteiger partial charge in [-0.05, 0) is 47.5 Å². The molecule has 11 heteroatoms. The maximum atomic E-state index is 12.8. The molecule has 9 nitrogen and oxygen atoms in total. The van der Waals surface area contributed by atoms with Crippen molar-refractivity contribution in [3.05, 3.63) is 101 Å². The summed E-state index contributed by atoms with van der Waals surface area (Å²) >= 11 is 0. The van der Waals surface area contributed by atoms with Crippen LogP contribution < -0.4 is 15.4 Å². The Kier molecular flexibility index (Phi) is 7.19. The molecule has 0 unspecified atom stereocenters. The van der Waals surface area contributed by atoms with Gasteiger partial charge in [-0.2, -0.15) is 8.78 Å². The molecule has 2 amide bonds. The van der Waals surface area contributed by atoms with E-state index in [4.69, 9.17) is 5.11 Å². The number of carbonyl (C=O) groups is 3. The lowest BCUT2D eigenvalue weighted by Crippen LogP contribution is -2.25. The maximum Gasteiger partial charge on any atom is 0.387 e. The van der Waals surface area contributed by atoms with Crippen LogP contribution in [0.5, 0.6) is 5.75 Å². The van der Waals surface area contributed by atoms with Crippen LogP contribution in [0.1, 0.15) is 42.5 Å². The van der Waals surface area contributed by atoms with E-state index in [0.29, 0.717) is 16.8 Å². The van der Waals surface area contributed by atoms with Crippen molar-refractivity contribution in [3.63, 3.8) is 0 Å². The Balaban J connectivity index is 1.42. The van der Waals surface area contributed by atoms with Crippen LogP contribution in [0.4, 0.5) is 8.78 Å². The lowest BCUT2D eigenvalue weighted by Gasteiger charge is -2.08. The fourth-order valence-electron chi connectivity index (χ4n) is 3.45. The first-order valence-corrected chi connectivity index (χ1v) is 10.7. The van der Waals surface area contributed by atoms with Gasteiger partial charge in [-0.15, -0.1) is 0 Å². The number of carbonyl (C=O) groups excluding carboxylic acids is 2. The number of amides is 2. The minimum Gasteiger partial charge on any atom is -0.478 e. The topological polar surface area (TPSA) is 122 Å². The lowest BCUT2D eigenvalue weighted by molar-refractivity contribution is -0.0499. The highest BCUT2D eigenvalue weighted by Gasteiger charge is 2.16. The number of carboxylic acid groups (broad SMARTS) is 1. The highest BCUT2D eigenvalue weighted by molar-refractivity contribution is 5.95. The SMILES string of the molecule is O=C(O)c1ccc(CNC(=O)c2cccc3nc(C(=O)NCc4cccc(OC(F)F)c4)cn23)cc1. The Morgan fingerprint density at radius 1 is 0.917 bits per heavy atom. The highest BCUT2D eigenvalue weighted by Crippen LogP contribution is 2.16. The van der Waals surface area contributed by atoms with Crippen LogP contribution in [0.2, 0.25) is 0 Å². The number of hydrogen-bond acceptors (Lipinski definition) is 5. The molecule has 3 N–H and O–H groups in total. The van der Waals surface area contributed by atoms with E-state index in [-0.39, 0.29) is 35.8 Å². The van der Waals surface area contributed by atoms with E-state index in [0.717, 1.165) is 0 Å². The number of imidazole rings is 1. The van der Waals surface area contributed by atoms with E-state index >= 15 is 0 Å². The summed E-state index contributed by atoms with van der Waals surface area (Å²) < 4.78 is 30.6. The summed E-state index contributed by atoms with van der Waals surface area (Å²) in [5.41, 5.74) is 2.12. The number of ether oxygens (including phenoxy) is 1. The van der Waals surface area contributed by atoms with E-state index in [1.807, 2.05) is 0 Å². The van der Waals surface area contributed by atoms with Gasteiger partial charge < -0.3 is 20.5 Å². The minimum absolute atomic E-state index is 0.0158. The van der Waals surface area contributed by atoms with E-state index in [2.05, 4.69) is 20.4 Å². The number of benzene rings is 2. The quantitative estimate of drug-likeness (QED) is 0.328. The average Bonchev–Trinajstić information content (AvgIpc) is 3.30. The fraction of sp³-hybridized carbons (Fsp3) is 0.120. The van der Waals surface area contributed by atoms with Crippen LogP contribution in [-0.2, 0) is 13.1 Å². The second kappa shape index (κ2) is 10.6. The van der Waals surface area contributed by atoms with Crippen LogP contribution >= 0.6 is 0 Å². The molecule has 36 heavy (non-hydrogen) atoms. The average molecular weight is 494 g/mol. The minimum atomic E-state index is -2.95. The van der Waals surface area contributed by atoms with Gasteiger partial charge in [0.05, 0.1) is 5.56 Å². The Hall–Kier alpha value is -4.80. The summed E-state index contributed by atoms with van der Waals surface area (Å²) in [6.45, 7) is -2.72. The molecule has 0 spiro atoms. The van der Waals surface area contributed by atoms with Crippen LogP contribution in [0.25, 0.3) is 5.65 Å². The molecule has 0 aliphatic carbocycles. The fourth-order valence-corrected chi connectivity index (χ4v) is 3.45. The molecule has 184 valence electrons. The highest BCUT2D eigenvalue weighted by atomic mass is 19.3. The number of aromatic carboxylic acids is 1. The largest absolute Gasteiger partial charge is 0.478 e. The summed E-state index contributed by atoms with van der Waals surface area (Å²) in [4.78, 5) is 40.6. The van der Waals surface area contributed by atoms with Gasteiger partial charge in [0, 0.05) is 19.3 Å². The molecule has 0 fully saturated rings. The second-order valence-corrected chi connectivity index (χ2v) is 7.66. The molecule has 0 aliphatic rings. The van der Waals surface area contributed by atoms with Crippen LogP contribution in [0, 0.1) is 0 Å². The number of alkyl halides is 2. The van der Waals surface area contributed by atoms with Crippen LogP contribution in [0.15, 0.2) is 72.9 Å². The van der Waals surface area contributed by atoms with E-state index in [1.54, 1.807) is 36.4 Å². The summed E-state index contributed by atoms with van der Waals surface area (Å²) in [6.07, 6.45) is 1.43. The maximum absolute atomic E-state index is 12.8. The van der Waals surface area contributed by atoms with Crippen molar-refractivity contribution in [2.24, 2.45) is 0 Å². The molecule has 2 heterocycles. The zero-order valence-electron chi connectivity index (χ0n) is 18.7. The molecule has 4 aromatic rings. The number of hydrogen-bond donors (Lipinski definition) is 3. The van der Waals surface area contributed by atoms with Gasteiger partial charge in [0.15, 0.2) is 0 Å². The van der Waals surface area contributed by atoms with Gasteiger partial charge >= 0.3 is 12.6 Å². The first kappa shape index (κ1) is 24.3. The lowest BCUT2D eigenvalue weighted by atomic mass is 10.1. The third kappa shape index (κ3) is 5.81. The van der Waals surface area contributed by atoms with Crippen molar-refractivity contribution in [1.82, 2.24) is 20.0 Å². The smallest absolute Gasteiger partial charge is 0.387 e. The first-order valence-electron chi connectivity index (χ1n) is 10.7. The molecule has 0 saturated heterocycles. The standard InChI is InChI=1S/C25H20F2N4O5/c26-25(27)36-18-4-1-3-16(11-18)13-28-22(32)19-14-31-20(5-2-6-21(31)30-19)23(33)29-12-15-7-9-17(10-8-15)24(34)35/h1-11,14,25H,12-13H2,(H,28,32)(H,29,33)(H,34,35). The predicted molar refractivity (Wildman–Crippen MR) is 124 cm³/mol. The number of carboxylic acids is 1. The second-order valence-electron chi connectivity index (χ2n) is 7.66. The molecule has 2 aromatic heterocycles. The summed E-state index contributed by atoms with van der Waals surface area (Å²) in [5, 5.41) is 14.4. The number of nitrogens with one attached hydrogen (secondary N) is 2. The van der Waals surface area contributed by atoms with Crippen LogP contribution in [0.3, 0.4) is 0 Å². The summed E-state index contributed by atoms with van der Waals surface area (Å²) in [5.74, 6) is -1.98. The van der Waals surface area contributed by atoms with Crippen LogP contribution in [-0.4, -0.2) is 38.9 Å². The number of fused-ring (bicyclic) bond motifs is 1. The molecule has 0 atom stereocenters. The molecular formula is C25H20F2N4O5. The summed E-state index contributed by atoms with van der Waals surface area (Å²) in [7, 11) is 0. The molecule has 0 radical (unpaired) electrons. The number of nitrogens with zero attached hydrogens (tertiary/aromatic N) is 2. The van der Waals surface area contributed by atoms with Gasteiger partial charge in [0.25, 0.3) is 11.8 Å². The zero-order chi connectivity index (χ0) is 25.7. The van der Waals surface area contributed by atoms with Gasteiger partial charge in [0.1, 0.15) is 22.8 Å². The monoisotopic (exact) mass is 494 g/mol. The number of pyridine rings is 1. The Labute approximate surface area is 203 Å². The Morgan fingerprint density at radius 2 is 1.61 bits per heavy atom. The molecule has 0 saturated carbocycles. The zero-order valence-corrected chi connectivity index (χ0v) is 18.7. The van der Waals surface area contributed by atoms with Gasteiger partial charge in [-0.1, -0.05) is 30.3 Å². The molecule has 0 aliphatic heterocycles. The number of rotatable bonds is 9. The molecule has 0 bridgehead atoms. The molecule has 2 aromatic carbocycles. The third-order valence-corrected chi connectivity index (χ3v) is 5.19. The third-order valence-electron chi connectivity index (χ3n) is 5.19. The van der Waals surface area contributed by atoms with Crippen molar-refractivity contribution < 1.29 is 33.0 Å². The van der Waals surface area contributed by atoms with Crippen molar-refractivity contribution in [3.8, 4) is 5.75 Å². The van der Waals surface area contributed by atoms with E-state index < -0.39 is 24.4 Å². The molecular weight excluding hydrogens is 474 g/mol. The van der Waals surface area contributed by atoms with Crippen molar-refractivity contribution in [2.45, 2.75) is 19.7 Å². The Morgan fingerprint density at radius 3 is 2.33 bits per heavy atom. The van der Waals surface area contributed by atoms with Crippen molar-refractivity contribution in [2.75, 3.05) is 0 Å². The normalized spacial score (nSPS) is 10.9. The molecule has 4 rings (SSSR count). The van der Waals surface area contributed by atoms with E-state index in [9.17, 15) is 23.2 Å². The Bertz CT molecular complexity index is 1420. The predicted octanol–water partition coefficient (Wildman–Crippen LogP) is 3.49. The van der Waals surface area contributed by atoms with Crippen molar-refractivity contribution in [1.29, 1.82) is 0 Å².